The van der Waals surface area contributed by atoms with Crippen molar-refractivity contribution in [1.82, 2.24) is 4.31 Å². The Hall–Kier alpha value is -3.82. The van der Waals surface area contributed by atoms with Gasteiger partial charge in [-0.15, -0.1) is 0 Å². The molecule has 0 saturated heterocycles. The van der Waals surface area contributed by atoms with Gasteiger partial charge in [-0.3, -0.25) is 4.79 Å². The summed E-state index contributed by atoms with van der Waals surface area (Å²) in [4.78, 5) is 14.3. The van der Waals surface area contributed by atoms with E-state index in [0.29, 0.717) is 55.4 Å². The smallest absolute Gasteiger partial charge is 0.211 e. The van der Waals surface area contributed by atoms with Gasteiger partial charge in [-0.2, -0.15) is 4.31 Å². The van der Waals surface area contributed by atoms with Crippen LogP contribution in [-0.4, -0.2) is 60.3 Å². The zero-order chi connectivity index (χ0) is 35.7. The standard InChI is InChI=1S/C42H49NO6S/c1-29-9-8-23-41(2)39(22-24-42(41,46)28-43(50(4,47)48)27-33-12-7-11-31-10-5-6-13-36(31)33)37-21-15-30(25-34(44)18-14-29)26-38(37)40(45)32-16-19-35(49-3)20-17-32/h5-7,9-13,15-17,19-21,26,34,39,44,46H,8,14,18,22-25,27-28H2,1-4H3. The third kappa shape index (κ3) is 7.31. The number of hydrogen-bond acceptors (Lipinski definition) is 6. The van der Waals surface area contributed by atoms with Crippen molar-refractivity contribution < 1.29 is 28.2 Å². The molecule has 0 amide bonds. The minimum absolute atomic E-state index is 0.0587. The molecule has 0 spiro atoms. The minimum Gasteiger partial charge on any atom is -0.497 e. The second kappa shape index (κ2) is 14.4. The van der Waals surface area contributed by atoms with Gasteiger partial charge in [0.2, 0.25) is 10.0 Å². The predicted molar refractivity (Wildman–Crippen MR) is 199 cm³/mol. The summed E-state index contributed by atoms with van der Waals surface area (Å²) in [5.74, 6) is 0.302. The number of fused-ring (bicyclic) bond motifs is 9. The van der Waals surface area contributed by atoms with Gasteiger partial charge in [0.1, 0.15) is 5.75 Å². The highest BCUT2D eigenvalue weighted by Gasteiger charge is 2.58. The Morgan fingerprint density at radius 3 is 2.46 bits per heavy atom. The van der Waals surface area contributed by atoms with E-state index in [1.54, 1.807) is 31.4 Å². The normalized spacial score (nSPS) is 24.5. The third-order valence-corrected chi connectivity index (χ3v) is 12.6. The number of methoxy groups -OCH3 is 1. The fraction of sp³-hybridized carbons (Fsp3) is 0.405. The van der Waals surface area contributed by atoms with Gasteiger partial charge in [-0.1, -0.05) is 73.2 Å². The lowest BCUT2D eigenvalue weighted by atomic mass is 9.64. The van der Waals surface area contributed by atoms with Crippen molar-refractivity contribution in [2.75, 3.05) is 19.9 Å². The number of carbonyl (C=O) groups excluding carboxylic acids is 1. The first-order chi connectivity index (χ1) is 23.8. The molecular formula is C42H49NO6S. The van der Waals surface area contributed by atoms with Crippen LogP contribution in [0.2, 0.25) is 0 Å². The molecule has 264 valence electrons. The number of hydrogen-bond donors (Lipinski definition) is 2. The van der Waals surface area contributed by atoms with E-state index in [2.05, 4.69) is 19.9 Å². The van der Waals surface area contributed by atoms with E-state index < -0.39 is 27.1 Å². The largest absolute Gasteiger partial charge is 0.497 e. The topological polar surface area (TPSA) is 104 Å². The number of sulfonamides is 1. The molecule has 3 aliphatic carbocycles. The average Bonchev–Trinajstić information content (AvgIpc) is 3.35. The SMILES string of the molecule is COc1ccc(C(=O)c2cc3ccc2C2CCC(O)(CN(Cc4cccc5ccccc45)S(C)(=O)=O)C2(C)CCC=C(C)CCC(O)C3)cc1. The molecule has 0 heterocycles. The van der Waals surface area contributed by atoms with Crippen LogP contribution in [0, 0.1) is 5.41 Å². The number of nitrogens with zero attached hydrogens (tertiary/aromatic N) is 1. The number of ether oxygens (including phenoxy) is 1. The molecule has 7 nitrogen and oxygen atoms in total. The molecule has 1 saturated carbocycles. The Morgan fingerprint density at radius 1 is 0.980 bits per heavy atom. The van der Waals surface area contributed by atoms with Gasteiger partial charge in [0, 0.05) is 29.6 Å². The predicted octanol–water partition coefficient (Wildman–Crippen LogP) is 7.58. The molecule has 0 aromatic heterocycles. The van der Waals surface area contributed by atoms with E-state index in [9.17, 15) is 23.4 Å². The summed E-state index contributed by atoms with van der Waals surface area (Å²) in [5.41, 5.74) is 2.72. The fourth-order valence-electron chi connectivity index (χ4n) is 8.30. The molecular weight excluding hydrogens is 647 g/mol. The summed E-state index contributed by atoms with van der Waals surface area (Å²) in [6, 6.07) is 26.8. The van der Waals surface area contributed by atoms with Gasteiger partial charge >= 0.3 is 0 Å². The van der Waals surface area contributed by atoms with Gasteiger partial charge in [-0.05, 0) is 116 Å². The van der Waals surface area contributed by atoms with Crippen molar-refractivity contribution in [2.24, 2.45) is 5.41 Å². The molecule has 1 fully saturated rings. The molecule has 0 radical (unpaired) electrons. The van der Waals surface area contributed by atoms with E-state index >= 15 is 0 Å². The van der Waals surface area contributed by atoms with E-state index in [1.807, 2.05) is 60.7 Å². The van der Waals surface area contributed by atoms with Crippen LogP contribution in [0.3, 0.4) is 0 Å². The van der Waals surface area contributed by atoms with Crippen LogP contribution in [0.5, 0.6) is 5.75 Å². The Kier molecular flexibility index (Phi) is 10.4. The minimum atomic E-state index is -3.72. The Balaban J connectivity index is 1.44. The summed E-state index contributed by atoms with van der Waals surface area (Å²) < 4.78 is 33.7. The molecule has 8 heteroatoms. The molecule has 50 heavy (non-hydrogen) atoms. The lowest BCUT2D eigenvalue weighted by molar-refractivity contribution is -0.0730. The fourth-order valence-corrected chi connectivity index (χ4v) is 9.12. The quantitative estimate of drug-likeness (QED) is 0.146. The number of carbonyl (C=O) groups is 1. The highest BCUT2D eigenvalue weighted by Crippen LogP contribution is 2.59. The molecule has 4 unspecified atom stereocenters. The monoisotopic (exact) mass is 695 g/mol. The first kappa shape index (κ1) is 36.0. The molecule has 7 rings (SSSR count). The van der Waals surface area contributed by atoms with Crippen molar-refractivity contribution in [3.05, 3.63) is 124 Å². The molecule has 0 aliphatic heterocycles. The van der Waals surface area contributed by atoms with Crippen LogP contribution in [0.25, 0.3) is 10.8 Å². The van der Waals surface area contributed by atoms with Crippen molar-refractivity contribution in [3.8, 4) is 5.75 Å². The number of benzene rings is 4. The highest BCUT2D eigenvalue weighted by molar-refractivity contribution is 7.88. The molecule has 3 aliphatic rings. The first-order valence-electron chi connectivity index (χ1n) is 17.6. The summed E-state index contributed by atoms with van der Waals surface area (Å²) in [6.07, 6.45) is 6.89. The van der Waals surface area contributed by atoms with E-state index in [0.717, 1.165) is 33.9 Å². The number of ketones is 1. The van der Waals surface area contributed by atoms with E-state index in [1.165, 1.54) is 16.1 Å². The molecule has 2 bridgehead atoms. The molecule has 4 atom stereocenters. The van der Waals surface area contributed by atoms with Crippen molar-refractivity contribution >= 4 is 26.6 Å². The maximum atomic E-state index is 14.3. The van der Waals surface area contributed by atoms with Crippen molar-refractivity contribution in [2.45, 2.75) is 83.0 Å². The van der Waals surface area contributed by atoms with Crippen LogP contribution >= 0.6 is 0 Å². The number of aliphatic hydroxyl groups excluding tert-OH is 1. The maximum Gasteiger partial charge on any atom is 0.211 e. The summed E-state index contributed by atoms with van der Waals surface area (Å²) >= 11 is 0. The zero-order valence-electron chi connectivity index (χ0n) is 29.6. The van der Waals surface area contributed by atoms with Gasteiger partial charge in [0.05, 0.1) is 25.1 Å². The second-order valence-electron chi connectivity index (χ2n) is 14.7. The van der Waals surface area contributed by atoms with Crippen LogP contribution in [0.1, 0.15) is 90.9 Å². The molecule has 2 N–H and O–H groups in total. The Bertz CT molecular complexity index is 2000. The number of rotatable bonds is 8. The average molecular weight is 696 g/mol. The summed E-state index contributed by atoms with van der Waals surface area (Å²) in [6.45, 7) is 4.24. The van der Waals surface area contributed by atoms with Crippen LogP contribution in [0.4, 0.5) is 0 Å². The first-order valence-corrected chi connectivity index (χ1v) is 19.5. The Morgan fingerprint density at radius 2 is 1.72 bits per heavy atom. The van der Waals surface area contributed by atoms with Gasteiger partial charge in [0.25, 0.3) is 0 Å². The second-order valence-corrected chi connectivity index (χ2v) is 16.7. The third-order valence-electron chi connectivity index (χ3n) is 11.4. The van der Waals surface area contributed by atoms with Gasteiger partial charge < -0.3 is 14.9 Å². The van der Waals surface area contributed by atoms with Gasteiger partial charge in [-0.25, -0.2) is 8.42 Å². The molecule has 4 aromatic carbocycles. The molecule has 4 aromatic rings. The lowest BCUT2D eigenvalue weighted by Gasteiger charge is -2.45. The van der Waals surface area contributed by atoms with Gasteiger partial charge in [0.15, 0.2) is 5.78 Å². The zero-order valence-corrected chi connectivity index (χ0v) is 30.4. The Labute approximate surface area is 296 Å². The highest BCUT2D eigenvalue weighted by atomic mass is 32.2. The van der Waals surface area contributed by atoms with Crippen LogP contribution in [0.15, 0.2) is 96.6 Å². The summed E-state index contributed by atoms with van der Waals surface area (Å²) in [7, 11) is -2.14. The van der Waals surface area contributed by atoms with Crippen LogP contribution < -0.4 is 4.74 Å². The lowest BCUT2D eigenvalue weighted by Crippen LogP contribution is -2.53. The summed E-state index contributed by atoms with van der Waals surface area (Å²) in [5, 5.41) is 25.8. The number of allylic oxidation sites excluding steroid dienone is 2. The van der Waals surface area contributed by atoms with E-state index in [4.69, 9.17) is 4.74 Å². The van der Waals surface area contributed by atoms with E-state index in [-0.39, 0.29) is 24.8 Å². The van der Waals surface area contributed by atoms with Crippen molar-refractivity contribution in [3.63, 3.8) is 0 Å². The van der Waals surface area contributed by atoms with Crippen LogP contribution in [-0.2, 0) is 23.0 Å². The number of aliphatic hydroxyl groups is 2. The van der Waals surface area contributed by atoms with Crippen molar-refractivity contribution in [1.29, 1.82) is 0 Å². The maximum absolute atomic E-state index is 14.3.